The Morgan fingerprint density at radius 2 is 2.35 bits per heavy atom. The molecule has 1 aromatic rings. The lowest BCUT2D eigenvalue weighted by Gasteiger charge is -2.37. The number of hydrogen-bond donors (Lipinski definition) is 1. The lowest BCUT2D eigenvalue weighted by Crippen LogP contribution is -2.44. The van der Waals surface area contributed by atoms with Crippen LogP contribution in [0.2, 0.25) is 0 Å². The SMILES string of the molecule is CC(C)c1n[nH]c([C@H]2CN([C@@H]3C=CCCC3)CCO2)n1. The fourth-order valence-corrected chi connectivity index (χ4v) is 2.92. The van der Waals surface area contributed by atoms with Crippen LogP contribution in [0.15, 0.2) is 12.2 Å². The number of ether oxygens (including phenoxy) is 1. The summed E-state index contributed by atoms with van der Waals surface area (Å²) in [6.45, 7) is 6.90. The molecule has 1 aliphatic heterocycles. The summed E-state index contributed by atoms with van der Waals surface area (Å²) >= 11 is 0. The number of nitrogens with zero attached hydrogens (tertiary/aromatic N) is 3. The van der Waals surface area contributed by atoms with Gasteiger partial charge < -0.3 is 4.74 Å². The van der Waals surface area contributed by atoms with Gasteiger partial charge in [-0.2, -0.15) is 5.10 Å². The van der Waals surface area contributed by atoms with Crippen LogP contribution in [0.25, 0.3) is 0 Å². The second-order valence-corrected chi connectivity index (χ2v) is 6.01. The first kappa shape index (κ1) is 13.8. The Balaban J connectivity index is 1.67. The third kappa shape index (κ3) is 2.94. The van der Waals surface area contributed by atoms with E-state index in [1.807, 2.05) is 0 Å². The maximum atomic E-state index is 5.88. The smallest absolute Gasteiger partial charge is 0.155 e. The van der Waals surface area contributed by atoms with Gasteiger partial charge in [-0.15, -0.1) is 0 Å². The number of aromatic nitrogens is 3. The van der Waals surface area contributed by atoms with Crippen LogP contribution in [0.4, 0.5) is 0 Å². The van der Waals surface area contributed by atoms with Crippen molar-refractivity contribution in [2.24, 2.45) is 0 Å². The van der Waals surface area contributed by atoms with Crippen molar-refractivity contribution in [1.82, 2.24) is 20.1 Å². The third-order valence-electron chi connectivity index (χ3n) is 4.14. The monoisotopic (exact) mass is 276 g/mol. The van der Waals surface area contributed by atoms with E-state index in [-0.39, 0.29) is 6.10 Å². The van der Waals surface area contributed by atoms with Crippen molar-refractivity contribution in [1.29, 1.82) is 0 Å². The number of rotatable bonds is 3. The first-order valence-electron chi connectivity index (χ1n) is 7.68. The van der Waals surface area contributed by atoms with E-state index in [0.717, 1.165) is 31.3 Å². The molecule has 20 heavy (non-hydrogen) atoms. The average molecular weight is 276 g/mol. The Labute approximate surface area is 120 Å². The molecule has 2 atom stereocenters. The van der Waals surface area contributed by atoms with Crippen LogP contribution in [0, 0.1) is 0 Å². The van der Waals surface area contributed by atoms with Crippen molar-refractivity contribution in [3.05, 3.63) is 23.8 Å². The standard InChI is InChI=1S/C15H24N4O/c1-11(2)14-16-15(18-17-14)13-10-19(8-9-20-13)12-6-4-3-5-7-12/h4,6,11-13H,3,5,7-10H2,1-2H3,(H,16,17,18)/t12-,13-/m1/s1. The number of allylic oxidation sites excluding steroid dienone is 1. The van der Waals surface area contributed by atoms with Crippen LogP contribution < -0.4 is 0 Å². The maximum absolute atomic E-state index is 5.88. The van der Waals surface area contributed by atoms with E-state index in [1.54, 1.807) is 0 Å². The topological polar surface area (TPSA) is 54.0 Å². The molecule has 0 radical (unpaired) electrons. The van der Waals surface area contributed by atoms with E-state index >= 15 is 0 Å². The van der Waals surface area contributed by atoms with E-state index < -0.39 is 0 Å². The average Bonchev–Trinajstić information content (AvgIpc) is 2.98. The number of aromatic amines is 1. The Kier molecular flexibility index (Phi) is 4.17. The summed E-state index contributed by atoms with van der Waals surface area (Å²) in [5.41, 5.74) is 0. The zero-order chi connectivity index (χ0) is 13.9. The van der Waals surface area contributed by atoms with Crippen LogP contribution in [-0.2, 0) is 4.74 Å². The summed E-state index contributed by atoms with van der Waals surface area (Å²) in [4.78, 5) is 7.09. The molecule has 3 rings (SSSR count). The first-order valence-corrected chi connectivity index (χ1v) is 7.68. The zero-order valence-electron chi connectivity index (χ0n) is 12.4. The van der Waals surface area contributed by atoms with Crippen LogP contribution in [0.1, 0.15) is 56.8 Å². The molecule has 1 saturated heterocycles. The molecule has 110 valence electrons. The van der Waals surface area contributed by atoms with E-state index in [9.17, 15) is 0 Å². The molecule has 1 fully saturated rings. The van der Waals surface area contributed by atoms with Gasteiger partial charge in [-0.05, 0) is 19.3 Å². The van der Waals surface area contributed by atoms with Gasteiger partial charge in [-0.1, -0.05) is 26.0 Å². The largest absolute Gasteiger partial charge is 0.368 e. The predicted molar refractivity (Wildman–Crippen MR) is 77.5 cm³/mol. The minimum atomic E-state index is 0.0269. The minimum absolute atomic E-state index is 0.0269. The number of nitrogens with one attached hydrogen (secondary N) is 1. The van der Waals surface area contributed by atoms with Crippen LogP contribution in [0.5, 0.6) is 0 Å². The zero-order valence-corrected chi connectivity index (χ0v) is 12.4. The summed E-state index contributed by atoms with van der Waals surface area (Å²) in [5.74, 6) is 2.09. The second-order valence-electron chi connectivity index (χ2n) is 6.01. The van der Waals surface area contributed by atoms with E-state index in [1.165, 1.54) is 19.3 Å². The number of H-pyrrole nitrogens is 1. The fourth-order valence-electron chi connectivity index (χ4n) is 2.92. The van der Waals surface area contributed by atoms with Crippen molar-refractivity contribution in [2.45, 2.75) is 51.2 Å². The Morgan fingerprint density at radius 1 is 1.45 bits per heavy atom. The van der Waals surface area contributed by atoms with Gasteiger partial charge in [0.15, 0.2) is 11.6 Å². The Hall–Kier alpha value is -1.20. The summed E-state index contributed by atoms with van der Waals surface area (Å²) in [7, 11) is 0. The molecule has 1 aromatic heterocycles. The molecule has 0 saturated carbocycles. The molecule has 0 bridgehead atoms. The predicted octanol–water partition coefficient (Wildman–Crippen LogP) is 2.41. The second kappa shape index (κ2) is 6.06. The normalized spacial score (nSPS) is 28.1. The molecule has 0 amide bonds. The quantitative estimate of drug-likeness (QED) is 0.861. The Morgan fingerprint density at radius 3 is 3.05 bits per heavy atom. The molecular weight excluding hydrogens is 252 g/mol. The first-order chi connectivity index (χ1) is 9.74. The number of hydrogen-bond acceptors (Lipinski definition) is 4. The molecule has 0 spiro atoms. The van der Waals surface area contributed by atoms with Gasteiger partial charge in [-0.3, -0.25) is 10.00 Å². The van der Waals surface area contributed by atoms with E-state index in [2.05, 4.69) is 46.1 Å². The van der Waals surface area contributed by atoms with Crippen molar-refractivity contribution >= 4 is 0 Å². The van der Waals surface area contributed by atoms with Gasteiger partial charge in [0.05, 0.1) is 6.61 Å². The fraction of sp³-hybridized carbons (Fsp3) is 0.733. The van der Waals surface area contributed by atoms with Gasteiger partial charge in [0.2, 0.25) is 0 Å². The molecule has 2 aliphatic rings. The lowest BCUT2D eigenvalue weighted by atomic mass is 10.0. The maximum Gasteiger partial charge on any atom is 0.155 e. The summed E-state index contributed by atoms with van der Waals surface area (Å²) in [6.07, 6.45) is 8.47. The minimum Gasteiger partial charge on any atom is -0.368 e. The van der Waals surface area contributed by atoms with Crippen molar-refractivity contribution < 1.29 is 4.74 Å². The van der Waals surface area contributed by atoms with Crippen molar-refractivity contribution in [3.63, 3.8) is 0 Å². The molecule has 5 heteroatoms. The van der Waals surface area contributed by atoms with Crippen molar-refractivity contribution in [3.8, 4) is 0 Å². The molecule has 0 aromatic carbocycles. The van der Waals surface area contributed by atoms with E-state index in [0.29, 0.717) is 12.0 Å². The highest BCUT2D eigenvalue weighted by Crippen LogP contribution is 2.25. The Bertz CT molecular complexity index is 468. The third-order valence-corrected chi connectivity index (χ3v) is 4.14. The van der Waals surface area contributed by atoms with Gasteiger partial charge in [-0.25, -0.2) is 4.98 Å². The van der Waals surface area contributed by atoms with Crippen molar-refractivity contribution in [2.75, 3.05) is 19.7 Å². The summed E-state index contributed by atoms with van der Waals surface area (Å²) < 4.78 is 5.88. The molecule has 2 heterocycles. The summed E-state index contributed by atoms with van der Waals surface area (Å²) in [5, 5.41) is 7.33. The summed E-state index contributed by atoms with van der Waals surface area (Å²) in [6, 6.07) is 0.572. The molecule has 5 nitrogen and oxygen atoms in total. The van der Waals surface area contributed by atoms with Gasteiger partial charge in [0, 0.05) is 25.0 Å². The van der Waals surface area contributed by atoms with E-state index in [4.69, 9.17) is 4.74 Å². The van der Waals surface area contributed by atoms with Gasteiger partial charge in [0.25, 0.3) is 0 Å². The highest BCUT2D eigenvalue weighted by Gasteiger charge is 2.28. The molecule has 1 N–H and O–H groups in total. The van der Waals surface area contributed by atoms with Gasteiger partial charge >= 0.3 is 0 Å². The van der Waals surface area contributed by atoms with Crippen LogP contribution in [0.3, 0.4) is 0 Å². The van der Waals surface area contributed by atoms with Gasteiger partial charge in [0.1, 0.15) is 6.10 Å². The highest BCUT2D eigenvalue weighted by molar-refractivity contribution is 5.03. The molecular formula is C15H24N4O. The van der Waals surface area contributed by atoms with Crippen LogP contribution >= 0.6 is 0 Å². The highest BCUT2D eigenvalue weighted by atomic mass is 16.5. The molecule has 0 unspecified atom stereocenters. The van der Waals surface area contributed by atoms with Crippen LogP contribution in [-0.4, -0.2) is 45.8 Å². The molecule has 1 aliphatic carbocycles. The number of morpholine rings is 1. The lowest BCUT2D eigenvalue weighted by molar-refractivity contribution is -0.0442.